The van der Waals surface area contributed by atoms with Crippen molar-refractivity contribution in [2.75, 3.05) is 0 Å². The highest BCUT2D eigenvalue weighted by molar-refractivity contribution is 5.28. The zero-order valence-corrected chi connectivity index (χ0v) is 21.6. The van der Waals surface area contributed by atoms with Crippen molar-refractivity contribution >= 4 is 0 Å². The summed E-state index contributed by atoms with van der Waals surface area (Å²) in [6, 6.07) is 0. The Hall–Kier alpha value is -0.260. The molecule has 3 saturated carbocycles. The highest BCUT2D eigenvalue weighted by atomic mass is 14.6. The maximum absolute atomic E-state index is 2.81. The quantitative estimate of drug-likeness (QED) is 0.395. The van der Waals surface area contributed by atoms with Gasteiger partial charge in [-0.25, -0.2) is 0 Å². The van der Waals surface area contributed by atoms with E-state index in [2.05, 4.69) is 61.5 Å². The van der Waals surface area contributed by atoms with Crippen LogP contribution in [0.4, 0.5) is 0 Å². The predicted octanol–water partition coefficient (Wildman–Crippen LogP) is 9.16. The van der Waals surface area contributed by atoms with Crippen LogP contribution in [-0.4, -0.2) is 0 Å². The number of hydrogen-bond donors (Lipinski definition) is 0. The SMILES string of the molecule is CC(C)C(C)CCC(C)C1CCC2C3=CCC4C(C)C(C)CCC4(C)C3CCC21C. The largest absolute Gasteiger partial charge is 0.0844 e. The van der Waals surface area contributed by atoms with Gasteiger partial charge in [-0.2, -0.15) is 0 Å². The van der Waals surface area contributed by atoms with Gasteiger partial charge in [0, 0.05) is 0 Å². The molecule has 0 heteroatoms. The van der Waals surface area contributed by atoms with Crippen LogP contribution in [0.3, 0.4) is 0 Å². The predicted molar refractivity (Wildman–Crippen MR) is 131 cm³/mol. The molecule has 0 amide bonds. The number of rotatable bonds is 5. The van der Waals surface area contributed by atoms with Gasteiger partial charge in [0.1, 0.15) is 0 Å². The van der Waals surface area contributed by atoms with Crippen LogP contribution >= 0.6 is 0 Å². The summed E-state index contributed by atoms with van der Waals surface area (Å²) in [5.41, 5.74) is 3.13. The van der Waals surface area contributed by atoms with Gasteiger partial charge in [0.05, 0.1) is 0 Å². The van der Waals surface area contributed by atoms with E-state index in [1.165, 1.54) is 57.8 Å². The van der Waals surface area contributed by atoms with E-state index < -0.39 is 0 Å². The van der Waals surface area contributed by atoms with E-state index in [-0.39, 0.29) is 0 Å². The van der Waals surface area contributed by atoms with E-state index in [9.17, 15) is 0 Å². The molecule has 3 fully saturated rings. The highest BCUT2D eigenvalue weighted by Gasteiger charge is 2.58. The van der Waals surface area contributed by atoms with E-state index in [4.69, 9.17) is 0 Å². The zero-order valence-electron chi connectivity index (χ0n) is 21.6. The molecule has 0 aromatic rings. The Bertz CT molecular complexity index is 642. The van der Waals surface area contributed by atoms with Gasteiger partial charge in [0.15, 0.2) is 0 Å². The average Bonchev–Trinajstić information content (AvgIpc) is 3.06. The minimum absolute atomic E-state index is 0.583. The molecule has 30 heavy (non-hydrogen) atoms. The van der Waals surface area contributed by atoms with Crippen molar-refractivity contribution in [3.8, 4) is 0 Å². The fourth-order valence-corrected chi connectivity index (χ4v) is 9.19. The molecule has 0 nitrogen and oxygen atoms in total. The van der Waals surface area contributed by atoms with Crippen LogP contribution < -0.4 is 0 Å². The van der Waals surface area contributed by atoms with Crippen LogP contribution in [0.25, 0.3) is 0 Å². The Kier molecular flexibility index (Phi) is 6.31. The molecular formula is C30H52. The fraction of sp³-hybridized carbons (Fsp3) is 0.933. The van der Waals surface area contributed by atoms with Gasteiger partial charge < -0.3 is 0 Å². The van der Waals surface area contributed by atoms with Gasteiger partial charge in [0.2, 0.25) is 0 Å². The van der Waals surface area contributed by atoms with Gasteiger partial charge in [-0.15, -0.1) is 0 Å². The first-order valence-corrected chi connectivity index (χ1v) is 13.8. The van der Waals surface area contributed by atoms with Crippen LogP contribution in [0.1, 0.15) is 113 Å². The lowest BCUT2D eigenvalue weighted by Gasteiger charge is -2.59. The smallest absolute Gasteiger partial charge is 0.0143 e. The molecule has 0 aliphatic heterocycles. The molecule has 0 N–H and O–H groups in total. The van der Waals surface area contributed by atoms with Crippen LogP contribution in [0, 0.1) is 64.1 Å². The molecular weight excluding hydrogens is 360 g/mol. The second-order valence-corrected chi connectivity index (χ2v) is 13.5. The van der Waals surface area contributed by atoms with Gasteiger partial charge in [-0.05, 0) is 109 Å². The lowest BCUT2D eigenvalue weighted by Crippen LogP contribution is -2.51. The molecule has 0 spiro atoms. The summed E-state index contributed by atoms with van der Waals surface area (Å²) < 4.78 is 0. The average molecular weight is 413 g/mol. The Labute approximate surface area is 189 Å². The number of allylic oxidation sites excluding steroid dienone is 2. The minimum atomic E-state index is 0.583. The summed E-state index contributed by atoms with van der Waals surface area (Å²) in [6.45, 7) is 20.4. The monoisotopic (exact) mass is 412 g/mol. The second kappa shape index (κ2) is 8.26. The third-order valence-electron chi connectivity index (χ3n) is 12.0. The van der Waals surface area contributed by atoms with E-state index in [1.807, 2.05) is 5.57 Å². The molecule has 172 valence electrons. The van der Waals surface area contributed by atoms with Crippen molar-refractivity contribution in [2.45, 2.75) is 113 Å². The third kappa shape index (κ3) is 3.55. The summed E-state index contributed by atoms with van der Waals surface area (Å²) in [5, 5.41) is 0. The Balaban J connectivity index is 1.51. The van der Waals surface area contributed by atoms with E-state index in [0.29, 0.717) is 10.8 Å². The molecule has 4 aliphatic rings. The standard InChI is InChI=1S/C30H52/c1-19(2)20(3)9-10-22(5)25-13-14-27-24-11-12-26-23(6)21(4)15-17-30(26,8)28(24)16-18-29(25,27)7/h11,19-23,25-28H,9-10,12-18H2,1-8H3. The van der Waals surface area contributed by atoms with Gasteiger partial charge >= 0.3 is 0 Å². The van der Waals surface area contributed by atoms with E-state index in [0.717, 1.165) is 53.3 Å². The van der Waals surface area contributed by atoms with Crippen molar-refractivity contribution in [1.29, 1.82) is 0 Å². The molecule has 4 rings (SSSR count). The minimum Gasteiger partial charge on any atom is -0.0844 e. The number of hydrogen-bond acceptors (Lipinski definition) is 0. The Morgan fingerprint density at radius 1 is 0.867 bits per heavy atom. The van der Waals surface area contributed by atoms with Crippen LogP contribution in [0.15, 0.2) is 11.6 Å². The first-order chi connectivity index (χ1) is 14.1. The van der Waals surface area contributed by atoms with Crippen molar-refractivity contribution in [3.63, 3.8) is 0 Å². The molecule has 0 aromatic carbocycles. The molecule has 4 aliphatic carbocycles. The summed E-state index contributed by atoms with van der Waals surface area (Å²) in [5.74, 6) is 8.15. The number of fused-ring (bicyclic) bond motifs is 5. The van der Waals surface area contributed by atoms with E-state index >= 15 is 0 Å². The highest BCUT2D eigenvalue weighted by Crippen LogP contribution is 2.67. The second-order valence-electron chi connectivity index (χ2n) is 13.5. The third-order valence-corrected chi connectivity index (χ3v) is 12.0. The van der Waals surface area contributed by atoms with Crippen molar-refractivity contribution < 1.29 is 0 Å². The first kappa shape index (κ1) is 22.9. The summed E-state index contributed by atoms with van der Waals surface area (Å²) >= 11 is 0. The van der Waals surface area contributed by atoms with Crippen LogP contribution in [-0.2, 0) is 0 Å². The molecule has 0 aromatic heterocycles. The lowest BCUT2D eigenvalue weighted by atomic mass is 9.45. The van der Waals surface area contributed by atoms with Gasteiger partial charge in [-0.3, -0.25) is 0 Å². The maximum Gasteiger partial charge on any atom is -0.0143 e. The molecule has 10 atom stereocenters. The maximum atomic E-state index is 2.81. The fourth-order valence-electron chi connectivity index (χ4n) is 9.19. The summed E-state index contributed by atoms with van der Waals surface area (Å²) in [7, 11) is 0. The van der Waals surface area contributed by atoms with Gasteiger partial charge in [0.25, 0.3) is 0 Å². The zero-order chi connectivity index (χ0) is 21.8. The Morgan fingerprint density at radius 3 is 2.23 bits per heavy atom. The van der Waals surface area contributed by atoms with Crippen molar-refractivity contribution in [2.24, 2.45) is 64.1 Å². The topological polar surface area (TPSA) is 0 Å². The van der Waals surface area contributed by atoms with Crippen LogP contribution in [0.2, 0.25) is 0 Å². The summed E-state index contributed by atoms with van der Waals surface area (Å²) in [6.07, 6.45) is 16.0. The molecule has 0 saturated heterocycles. The first-order valence-electron chi connectivity index (χ1n) is 13.8. The Morgan fingerprint density at radius 2 is 1.53 bits per heavy atom. The van der Waals surface area contributed by atoms with Crippen molar-refractivity contribution in [3.05, 3.63) is 11.6 Å². The molecule has 10 unspecified atom stereocenters. The van der Waals surface area contributed by atoms with Gasteiger partial charge in [-0.1, -0.05) is 79.9 Å². The molecule has 0 heterocycles. The van der Waals surface area contributed by atoms with Crippen molar-refractivity contribution in [1.82, 2.24) is 0 Å². The lowest BCUT2D eigenvalue weighted by molar-refractivity contribution is -0.0457. The normalized spacial score (nSPS) is 47.8. The summed E-state index contributed by atoms with van der Waals surface area (Å²) in [4.78, 5) is 0. The van der Waals surface area contributed by atoms with E-state index in [1.54, 1.807) is 0 Å². The molecule has 0 bridgehead atoms. The van der Waals surface area contributed by atoms with Crippen LogP contribution in [0.5, 0.6) is 0 Å². The molecule has 0 radical (unpaired) electrons.